The molecule has 0 bridgehead atoms. The van der Waals surface area contributed by atoms with E-state index < -0.39 is 30.4 Å². The number of phenols is 1. The quantitative estimate of drug-likeness (QED) is 0.317. The van der Waals surface area contributed by atoms with Gasteiger partial charge in [0, 0.05) is 35.7 Å². The molecule has 4 N–H and O–H groups in total. The fraction of sp³-hybridized carbons (Fsp3) is 0.286. The van der Waals surface area contributed by atoms with Crippen molar-refractivity contribution in [2.45, 2.75) is 17.8 Å². The van der Waals surface area contributed by atoms with Crippen LogP contribution in [0.5, 0.6) is 11.5 Å². The molecule has 0 saturated carbocycles. The minimum atomic E-state index is -5.05. The van der Waals surface area contributed by atoms with Crippen LogP contribution in [0.2, 0.25) is 5.02 Å². The molecule has 3 aromatic rings. The van der Waals surface area contributed by atoms with Gasteiger partial charge in [-0.25, -0.2) is 4.57 Å². The maximum absolute atomic E-state index is 13.0. The van der Waals surface area contributed by atoms with Gasteiger partial charge in [-0.1, -0.05) is 23.7 Å². The molecule has 4 rings (SSSR count). The summed E-state index contributed by atoms with van der Waals surface area (Å²) < 4.78 is 22.7. The molecule has 1 aromatic heterocycles. The fourth-order valence-corrected chi connectivity index (χ4v) is 5.13. The molecule has 2 atom stereocenters. The number of likely N-dealkylation sites (N-methyl/N-ethyl adjacent to an activating group) is 1. The Kier molecular flexibility index (Phi) is 6.11. The number of fused-ring (bicyclic) bond motifs is 1. The molecule has 12 heteroatoms. The van der Waals surface area contributed by atoms with E-state index in [0.717, 1.165) is 6.07 Å². The number of likely N-dealkylation sites (tertiary alicyclic amines) is 1. The fourth-order valence-electron chi connectivity index (χ4n) is 4.49. The highest BCUT2D eigenvalue weighted by Gasteiger charge is 2.42. The van der Waals surface area contributed by atoms with Crippen LogP contribution in [0, 0.1) is 0 Å². The largest absolute Gasteiger partial charge is 0.524 e. The van der Waals surface area contributed by atoms with Gasteiger partial charge < -0.3 is 24.1 Å². The van der Waals surface area contributed by atoms with Crippen molar-refractivity contribution in [3.8, 4) is 22.8 Å². The van der Waals surface area contributed by atoms with E-state index >= 15 is 0 Å². The topological polar surface area (TPSA) is 141 Å². The number of nitrogens with zero attached hydrogens (tertiary/aromatic N) is 1. The predicted molar refractivity (Wildman–Crippen MR) is 126 cm³/mol. The Morgan fingerprint density at radius 3 is 2.64 bits per heavy atom. The Labute approximate surface area is 194 Å². The number of halogens is 1. The molecule has 0 spiro atoms. The van der Waals surface area contributed by atoms with E-state index in [1.807, 2.05) is 11.9 Å². The van der Waals surface area contributed by atoms with Gasteiger partial charge in [0.1, 0.15) is 36.1 Å². The number of phenolic OH excluding ortho intramolecular Hbond substituents is 1. The summed E-state index contributed by atoms with van der Waals surface area (Å²) in [5.41, 5.74) is -1.56. The summed E-state index contributed by atoms with van der Waals surface area (Å²) in [7, 11) is -1.63. The van der Waals surface area contributed by atoms with E-state index in [2.05, 4.69) is 0 Å². The highest BCUT2D eigenvalue weighted by molar-refractivity contribution is 7.46. The van der Waals surface area contributed by atoms with Crippen molar-refractivity contribution in [3.05, 3.63) is 57.2 Å². The van der Waals surface area contributed by atoms with Crippen LogP contribution in [0.4, 0.5) is 0 Å². The third kappa shape index (κ3) is 4.68. The van der Waals surface area contributed by atoms with Crippen molar-refractivity contribution < 1.29 is 33.5 Å². The molecule has 1 aliphatic heterocycles. The highest BCUT2D eigenvalue weighted by atomic mass is 35.5. The van der Waals surface area contributed by atoms with Crippen molar-refractivity contribution in [3.63, 3.8) is 0 Å². The zero-order valence-electron chi connectivity index (χ0n) is 17.9. The molecule has 1 saturated heterocycles. The lowest BCUT2D eigenvalue weighted by Gasteiger charge is -2.42. The van der Waals surface area contributed by atoms with Crippen molar-refractivity contribution in [1.29, 1.82) is 0 Å². The second-order valence-electron chi connectivity index (χ2n) is 8.48. The van der Waals surface area contributed by atoms with Crippen LogP contribution in [-0.2, 0) is 4.57 Å². The lowest BCUT2D eigenvalue weighted by molar-refractivity contribution is 0.0261. The average Bonchev–Trinajstić information content (AvgIpc) is 2.67. The van der Waals surface area contributed by atoms with E-state index in [9.17, 15) is 29.4 Å². The number of rotatable bonds is 4. The van der Waals surface area contributed by atoms with E-state index in [1.165, 1.54) is 6.07 Å². The van der Waals surface area contributed by atoms with Crippen LogP contribution in [0.1, 0.15) is 17.9 Å². The molecule has 2 heterocycles. The summed E-state index contributed by atoms with van der Waals surface area (Å²) >= 11 is 6.28. The van der Waals surface area contributed by atoms with Gasteiger partial charge in [0.05, 0.1) is 10.5 Å². The monoisotopic (exact) mass is 493 g/mol. The van der Waals surface area contributed by atoms with Gasteiger partial charge in [-0.3, -0.25) is 14.6 Å². The Balaban J connectivity index is 2.08. The molecular weight excluding hydrogens is 471 g/mol. The number of hydrogen-bond acceptors (Lipinski definition) is 7. The van der Waals surface area contributed by atoms with Crippen LogP contribution >= 0.6 is 19.4 Å². The number of piperidine rings is 1. The molecule has 0 radical (unpaired) electrons. The number of β-amino-alcohol motifs (C(OH)–C–C–N with tert-alkyl or cyclic N) is 1. The minimum absolute atomic E-state index is 0.0928. The Morgan fingerprint density at radius 2 is 2.00 bits per heavy atom. The maximum atomic E-state index is 13.0. The van der Waals surface area contributed by atoms with E-state index in [4.69, 9.17) is 20.5 Å². The van der Waals surface area contributed by atoms with Crippen molar-refractivity contribution >= 4 is 38.2 Å². The number of benzene rings is 2. The number of hydrogen-bond donors (Lipinski definition) is 4. The van der Waals surface area contributed by atoms with Gasteiger partial charge >= 0.3 is 7.82 Å². The smallest absolute Gasteiger partial charge is 0.507 e. The SMILES string of the molecule is B[C@@]1(O)CN(C)CC[C@@H]1c1c(OP(=O)(O)O)cc(O)c2c(=O)cc(-c3ccccc3Cl)oc12. The van der Waals surface area contributed by atoms with Gasteiger partial charge in [-0.2, -0.15) is 0 Å². The average molecular weight is 494 g/mol. The van der Waals surface area contributed by atoms with Crippen LogP contribution in [0.15, 0.2) is 45.6 Å². The third-order valence-corrected chi connectivity index (χ3v) is 6.59. The van der Waals surface area contributed by atoms with Crippen molar-refractivity contribution in [2.24, 2.45) is 0 Å². The Hall–Kier alpha value is -2.33. The first-order valence-electron chi connectivity index (χ1n) is 10.1. The van der Waals surface area contributed by atoms with Gasteiger partial charge in [0.2, 0.25) is 0 Å². The molecule has 2 aromatic carbocycles. The number of phosphoric acid groups is 1. The van der Waals surface area contributed by atoms with Crippen molar-refractivity contribution in [2.75, 3.05) is 20.1 Å². The standard InChI is InChI=1S/C21H22BClNO8P/c1-24-7-6-12(21(22,27)10-24)18-17(32-33(28,29)30)9-15(26)19-14(25)8-16(31-20(18)19)11-4-2-3-5-13(11)23/h2-5,8-9,12,26-27H,6-7,10,22H2,1H3,(H2,28,29,30)/t12-,21-/m1/s1. The van der Waals surface area contributed by atoms with Crippen molar-refractivity contribution in [1.82, 2.24) is 4.90 Å². The van der Waals surface area contributed by atoms with Crippen LogP contribution in [0.25, 0.3) is 22.3 Å². The van der Waals surface area contributed by atoms with Crippen LogP contribution < -0.4 is 9.95 Å². The molecule has 1 aliphatic rings. The molecule has 1 fully saturated rings. The van der Waals surface area contributed by atoms with E-state index in [0.29, 0.717) is 23.6 Å². The summed E-state index contributed by atoms with van der Waals surface area (Å²) in [5, 5.41) is 21.9. The highest BCUT2D eigenvalue weighted by Crippen LogP contribution is 2.49. The first-order valence-corrected chi connectivity index (χ1v) is 12.0. The van der Waals surface area contributed by atoms with Gasteiger partial charge in [-0.15, -0.1) is 0 Å². The molecule has 0 amide bonds. The minimum Gasteiger partial charge on any atom is -0.507 e. The second-order valence-corrected chi connectivity index (χ2v) is 10.1. The summed E-state index contributed by atoms with van der Waals surface area (Å²) in [6.45, 7) is 0.816. The number of phosphoric ester groups is 1. The van der Waals surface area contributed by atoms with E-state index in [1.54, 1.807) is 32.1 Å². The third-order valence-electron chi connectivity index (χ3n) is 5.83. The van der Waals surface area contributed by atoms with Crippen LogP contribution in [0.3, 0.4) is 0 Å². The second kappa shape index (κ2) is 8.47. The van der Waals surface area contributed by atoms with Gasteiger partial charge in [0.25, 0.3) is 0 Å². The number of aromatic hydroxyl groups is 1. The molecule has 174 valence electrons. The molecule has 0 unspecified atom stereocenters. The molecule has 9 nitrogen and oxygen atoms in total. The lowest BCUT2D eigenvalue weighted by atomic mass is 9.65. The molecular formula is C21H22BClNO8P. The summed E-state index contributed by atoms with van der Waals surface area (Å²) in [4.78, 5) is 33.9. The summed E-state index contributed by atoms with van der Waals surface area (Å²) in [6, 6.07) is 8.84. The molecule has 0 aliphatic carbocycles. The zero-order valence-corrected chi connectivity index (χ0v) is 19.5. The predicted octanol–water partition coefficient (Wildman–Crippen LogP) is 2.03. The van der Waals surface area contributed by atoms with Crippen LogP contribution in [-0.4, -0.2) is 58.4 Å². The first kappa shape index (κ1) is 23.8. The molecule has 33 heavy (non-hydrogen) atoms. The van der Waals surface area contributed by atoms with Gasteiger partial charge in [-0.05, 0) is 32.1 Å². The van der Waals surface area contributed by atoms with Gasteiger partial charge in [0.15, 0.2) is 5.43 Å². The zero-order chi connectivity index (χ0) is 24.1. The Morgan fingerprint density at radius 1 is 1.30 bits per heavy atom. The first-order chi connectivity index (χ1) is 15.4. The lowest BCUT2D eigenvalue weighted by Crippen LogP contribution is -2.52. The van der Waals surface area contributed by atoms with E-state index in [-0.39, 0.29) is 34.6 Å². The maximum Gasteiger partial charge on any atom is 0.524 e. The normalized spacial score (nSPS) is 21.9. The summed E-state index contributed by atoms with van der Waals surface area (Å²) in [5.74, 6) is -1.56. The number of aliphatic hydroxyl groups is 1. The Bertz CT molecular complexity index is 1340. The summed E-state index contributed by atoms with van der Waals surface area (Å²) in [6.07, 6.45) is 0.376.